The lowest BCUT2D eigenvalue weighted by Gasteiger charge is -2.31. The van der Waals surface area contributed by atoms with Gasteiger partial charge in [-0.1, -0.05) is 56.7 Å². The first-order valence-corrected chi connectivity index (χ1v) is 18.4. The minimum atomic E-state index is -0.819. The van der Waals surface area contributed by atoms with Crippen LogP contribution < -0.4 is 4.90 Å². The van der Waals surface area contributed by atoms with Crippen LogP contribution in [0.2, 0.25) is 0 Å². The van der Waals surface area contributed by atoms with E-state index in [1.54, 1.807) is 0 Å². The predicted molar refractivity (Wildman–Crippen MR) is 196 cm³/mol. The van der Waals surface area contributed by atoms with Crippen molar-refractivity contribution in [2.45, 2.75) is 104 Å². The van der Waals surface area contributed by atoms with Crippen LogP contribution in [0.5, 0.6) is 0 Å². The van der Waals surface area contributed by atoms with E-state index in [-0.39, 0.29) is 34.5 Å². The predicted octanol–water partition coefficient (Wildman–Crippen LogP) is 7.69. The van der Waals surface area contributed by atoms with Crippen LogP contribution in [0.25, 0.3) is 0 Å². The number of benzene rings is 2. The summed E-state index contributed by atoms with van der Waals surface area (Å²) in [5, 5.41) is 0. The Morgan fingerprint density at radius 1 is 0.760 bits per heavy atom. The number of esters is 2. The number of ether oxygens (including phenoxy) is 2. The summed E-state index contributed by atoms with van der Waals surface area (Å²) in [6, 6.07) is 16.6. The summed E-state index contributed by atoms with van der Waals surface area (Å²) in [6.45, 7) is 14.5. The molecule has 0 atom stereocenters. The van der Waals surface area contributed by atoms with Crippen molar-refractivity contribution in [1.29, 1.82) is 0 Å². The maximum Gasteiger partial charge on any atom is 0.305 e. The minimum Gasteiger partial charge on any atom is -0.466 e. The average molecular weight is 682 g/mol. The molecular weight excluding hydrogens is 628 g/mol. The Morgan fingerprint density at radius 3 is 1.98 bits per heavy atom. The molecule has 266 valence electrons. The third-order valence-electron chi connectivity index (χ3n) is 10.4. The van der Waals surface area contributed by atoms with Gasteiger partial charge in [-0.3, -0.25) is 19.2 Å². The molecule has 50 heavy (non-hydrogen) atoms. The first-order chi connectivity index (χ1) is 23.9. The van der Waals surface area contributed by atoms with Crippen LogP contribution >= 0.6 is 0 Å². The summed E-state index contributed by atoms with van der Waals surface area (Å²) in [6.07, 6.45) is 9.55. The van der Waals surface area contributed by atoms with Crippen LogP contribution in [0.4, 0.5) is 11.4 Å². The molecule has 5 rings (SSSR count). The molecule has 0 aromatic heterocycles. The third kappa shape index (κ3) is 7.40. The maximum atomic E-state index is 13.9. The molecule has 8 nitrogen and oxygen atoms in total. The summed E-state index contributed by atoms with van der Waals surface area (Å²) in [5.41, 5.74) is 5.94. The van der Waals surface area contributed by atoms with Gasteiger partial charge in [0.05, 0.1) is 24.2 Å². The van der Waals surface area contributed by atoms with Gasteiger partial charge in [0.1, 0.15) is 12.5 Å². The second kappa shape index (κ2) is 15.7. The van der Waals surface area contributed by atoms with Gasteiger partial charge in [-0.15, -0.1) is 0 Å². The fraction of sp³-hybridized carbons (Fsp3) is 0.500. The molecule has 2 heterocycles. The molecular formula is C42H53N2O6+. The lowest BCUT2D eigenvalue weighted by Crippen LogP contribution is -2.43. The van der Waals surface area contributed by atoms with Crippen molar-refractivity contribution >= 4 is 40.6 Å². The molecule has 0 radical (unpaired) electrons. The number of carbonyl (C=O) groups excluding carboxylic acids is 4. The number of hydrogen-bond acceptors (Lipinski definition) is 7. The monoisotopic (exact) mass is 681 g/mol. The molecule has 2 aromatic rings. The van der Waals surface area contributed by atoms with Crippen molar-refractivity contribution in [3.8, 4) is 0 Å². The molecule has 0 unspecified atom stereocenters. The molecule has 0 spiro atoms. The smallest absolute Gasteiger partial charge is 0.305 e. The number of ketones is 2. The van der Waals surface area contributed by atoms with Crippen molar-refractivity contribution in [3.05, 3.63) is 83.1 Å². The zero-order chi connectivity index (χ0) is 36.1. The SMILES string of the molecule is CCOC(=O)CCCCCN1/C(=C/C2C(=O)C(=CC3=[N+](CCCCCC(=O)OCC)c4ccccc4C3(C)C)C2=O)C(C)(C)c2ccccc21. The molecule has 8 heteroatoms. The number of unbranched alkanes of at least 4 members (excludes halogenated alkanes) is 4. The van der Waals surface area contributed by atoms with Gasteiger partial charge in [0.2, 0.25) is 5.69 Å². The molecule has 0 saturated heterocycles. The highest BCUT2D eigenvalue weighted by Gasteiger charge is 2.50. The highest BCUT2D eigenvalue weighted by Crippen LogP contribution is 2.49. The molecule has 2 aliphatic heterocycles. The number of carbonyl (C=O) groups is 4. The van der Waals surface area contributed by atoms with Crippen LogP contribution in [0.15, 0.2) is 72.0 Å². The van der Waals surface area contributed by atoms with Crippen molar-refractivity contribution in [2.24, 2.45) is 5.92 Å². The second-order valence-corrected chi connectivity index (χ2v) is 14.5. The van der Waals surface area contributed by atoms with E-state index in [2.05, 4.69) is 61.4 Å². The quantitative estimate of drug-likeness (QED) is 0.0448. The summed E-state index contributed by atoms with van der Waals surface area (Å²) in [4.78, 5) is 53.7. The van der Waals surface area contributed by atoms with E-state index in [4.69, 9.17) is 9.47 Å². The molecule has 0 bridgehead atoms. The van der Waals surface area contributed by atoms with Crippen molar-refractivity contribution in [3.63, 3.8) is 0 Å². The molecule has 0 N–H and O–H groups in total. The number of para-hydroxylation sites is 2. The van der Waals surface area contributed by atoms with Gasteiger partial charge in [0.25, 0.3) is 0 Å². The van der Waals surface area contributed by atoms with Gasteiger partial charge in [0.15, 0.2) is 17.3 Å². The first kappa shape index (κ1) is 36.9. The fourth-order valence-electron chi connectivity index (χ4n) is 7.71. The van der Waals surface area contributed by atoms with E-state index in [1.165, 1.54) is 11.1 Å². The number of hydrogen-bond donors (Lipinski definition) is 0. The van der Waals surface area contributed by atoms with Gasteiger partial charge in [0, 0.05) is 60.3 Å². The molecule has 0 amide bonds. The highest BCUT2D eigenvalue weighted by atomic mass is 16.5. The van der Waals surface area contributed by atoms with E-state index < -0.39 is 11.3 Å². The molecule has 1 fully saturated rings. The normalized spacial score (nSPS) is 19.4. The highest BCUT2D eigenvalue weighted by molar-refractivity contribution is 6.41. The number of rotatable bonds is 16. The summed E-state index contributed by atoms with van der Waals surface area (Å²) in [7, 11) is 0. The van der Waals surface area contributed by atoms with Gasteiger partial charge < -0.3 is 14.4 Å². The van der Waals surface area contributed by atoms with Crippen LogP contribution in [-0.2, 0) is 39.5 Å². The number of anilines is 1. The van der Waals surface area contributed by atoms with E-state index in [9.17, 15) is 19.2 Å². The fourth-order valence-corrected chi connectivity index (χ4v) is 7.71. The van der Waals surface area contributed by atoms with Gasteiger partial charge >= 0.3 is 11.9 Å². The van der Waals surface area contributed by atoms with Crippen LogP contribution in [-0.4, -0.2) is 60.1 Å². The Bertz CT molecular complexity index is 1710. The standard InChI is InChI=1S/C42H53N2O6/c1-7-49-37(45)23-11-9-17-25-43-33-21-15-13-19-31(33)41(3,4)35(43)27-29-39(47)30(40(29)48)28-36-42(5,6)32-20-14-16-22-34(32)44(36)26-18-10-12-24-38(46)50-8-2/h13-16,19-22,27-29H,7-12,17-18,23-26H2,1-6H3/q+1/b30-28?,35-27+. The number of nitrogens with zero attached hydrogens (tertiary/aromatic N) is 2. The second-order valence-electron chi connectivity index (χ2n) is 14.5. The van der Waals surface area contributed by atoms with Crippen molar-refractivity contribution in [2.75, 3.05) is 31.2 Å². The average Bonchev–Trinajstić information content (AvgIpc) is 3.44. The maximum absolute atomic E-state index is 13.9. The molecule has 1 saturated carbocycles. The van der Waals surface area contributed by atoms with Crippen LogP contribution in [0.3, 0.4) is 0 Å². The molecule has 2 aromatic carbocycles. The number of Topliss-reactive ketones (excluding diaryl/α,β-unsaturated/α-hetero) is 2. The van der Waals surface area contributed by atoms with Gasteiger partial charge in [-0.2, -0.15) is 4.58 Å². The lowest BCUT2D eigenvalue weighted by molar-refractivity contribution is -0.438. The lowest BCUT2D eigenvalue weighted by atomic mass is 9.72. The Balaban J connectivity index is 1.36. The van der Waals surface area contributed by atoms with Crippen molar-refractivity contribution in [1.82, 2.24) is 0 Å². The first-order valence-electron chi connectivity index (χ1n) is 18.4. The Kier molecular flexibility index (Phi) is 11.6. The minimum absolute atomic E-state index is 0.141. The topological polar surface area (TPSA) is 93.0 Å². The Labute approximate surface area is 297 Å². The zero-order valence-electron chi connectivity index (χ0n) is 30.7. The molecule has 3 aliphatic rings. The summed E-state index contributed by atoms with van der Waals surface area (Å²) in [5.74, 6) is -1.43. The van der Waals surface area contributed by atoms with E-state index >= 15 is 0 Å². The largest absolute Gasteiger partial charge is 0.466 e. The summed E-state index contributed by atoms with van der Waals surface area (Å²) < 4.78 is 12.4. The number of allylic oxidation sites excluding steroid dienone is 4. The van der Waals surface area contributed by atoms with Gasteiger partial charge in [-0.25, -0.2) is 0 Å². The third-order valence-corrected chi connectivity index (χ3v) is 10.4. The van der Waals surface area contributed by atoms with E-state index in [0.717, 1.165) is 74.4 Å². The molecule has 1 aliphatic carbocycles. The van der Waals surface area contributed by atoms with E-state index in [1.807, 2.05) is 50.3 Å². The van der Waals surface area contributed by atoms with Crippen molar-refractivity contribution < 1.29 is 33.2 Å². The van der Waals surface area contributed by atoms with E-state index in [0.29, 0.717) is 26.1 Å². The zero-order valence-corrected chi connectivity index (χ0v) is 30.7. The van der Waals surface area contributed by atoms with Crippen LogP contribution in [0, 0.1) is 5.92 Å². The number of fused-ring (bicyclic) bond motifs is 2. The summed E-state index contributed by atoms with van der Waals surface area (Å²) >= 11 is 0. The Morgan fingerprint density at radius 2 is 1.34 bits per heavy atom. The Hall–Kier alpha value is -4.33. The van der Waals surface area contributed by atoms with Gasteiger partial charge in [-0.05, 0) is 71.1 Å². The van der Waals surface area contributed by atoms with Crippen LogP contribution in [0.1, 0.15) is 104 Å².